The van der Waals surface area contributed by atoms with E-state index in [9.17, 15) is 84.5 Å². The number of anilines is 1. The Morgan fingerprint density at radius 2 is 1.46 bits per heavy atom. The SMILES string of the molecule is CC(O)C1NC(=O)[C@@H](NC(=O)c2ccc(-c3cn4nc(-c5ccc(N6C[C@@H](C)O[C@@H](C)C6)cc5)sc4n3)cc2)CC(O)CNC(=O)C2C(O)C(C)CN2C(=O)C(C(O)CC(N)=O)NC(=O)C(C(O)C(O)c2ccc(O)c(OSOO[O-])c2)NC(=O)C2CC(O)CN2C1=O.[Na+]. The van der Waals surface area contributed by atoms with Gasteiger partial charge in [0.25, 0.3) is 18.2 Å². The summed E-state index contributed by atoms with van der Waals surface area (Å²) in [5.74, 6) is -12.0. The van der Waals surface area contributed by atoms with E-state index >= 15 is 0 Å². The fraction of sp³-hybridized carbons (Fsp3) is 0.483. The van der Waals surface area contributed by atoms with E-state index in [1.165, 1.54) is 30.4 Å². The molecule has 0 saturated carbocycles. The molecule has 94 heavy (non-hydrogen) atoms. The fourth-order valence-corrected chi connectivity index (χ4v) is 12.8. The summed E-state index contributed by atoms with van der Waals surface area (Å²) in [7, 11) is 0. The van der Waals surface area contributed by atoms with Crippen molar-refractivity contribution in [3.8, 4) is 33.3 Å². The summed E-state index contributed by atoms with van der Waals surface area (Å²) in [4.78, 5) is 123. The number of carbonyl (C=O) groups is 8. The van der Waals surface area contributed by atoms with Crippen molar-refractivity contribution in [1.82, 2.24) is 51.0 Å². The Balaban J connectivity index is 0.0000113. The van der Waals surface area contributed by atoms with E-state index in [0.29, 0.717) is 16.2 Å². The molecule has 4 aliphatic rings. The molecule has 0 spiro atoms. The first kappa shape index (κ1) is 72.7. The first-order valence-electron chi connectivity index (χ1n) is 29.5. The molecule has 4 aliphatic heterocycles. The predicted molar refractivity (Wildman–Crippen MR) is 322 cm³/mol. The summed E-state index contributed by atoms with van der Waals surface area (Å²) in [5, 5.41) is 121. The van der Waals surface area contributed by atoms with Gasteiger partial charge in [-0.25, -0.2) is 9.50 Å². The molecule has 33 nitrogen and oxygen atoms in total. The molecule has 0 radical (unpaired) electrons. The number of primary amides is 1. The normalized spacial score (nSPS) is 27.3. The number of aliphatic hydroxyl groups is 7. The largest absolute Gasteiger partial charge is 1.00 e. The maximum atomic E-state index is 14.7. The Morgan fingerprint density at radius 1 is 0.809 bits per heavy atom. The van der Waals surface area contributed by atoms with Gasteiger partial charge in [-0.1, -0.05) is 36.5 Å². The van der Waals surface area contributed by atoms with Crippen LogP contribution in [0.2, 0.25) is 0 Å². The third kappa shape index (κ3) is 16.9. The Kier molecular flexibility index (Phi) is 24.4. The van der Waals surface area contributed by atoms with E-state index in [0.717, 1.165) is 64.3 Å². The third-order valence-corrected chi connectivity index (χ3v) is 17.7. The first-order valence-corrected chi connectivity index (χ1v) is 30.9. The topological polar surface area (TPSA) is 484 Å². The minimum atomic E-state index is -2.54. The van der Waals surface area contributed by atoms with Crippen LogP contribution >= 0.6 is 23.7 Å². The monoisotopic (exact) mass is 1360 g/mol. The van der Waals surface area contributed by atoms with Crippen LogP contribution in [0.1, 0.15) is 69.0 Å². The Labute approximate surface area is 566 Å². The smallest absolute Gasteiger partial charge is 0.691 e. The van der Waals surface area contributed by atoms with E-state index in [4.69, 9.17) is 24.7 Å². The molecule has 4 fully saturated rings. The van der Waals surface area contributed by atoms with E-state index in [-0.39, 0.29) is 65.2 Å². The number of fused-ring (bicyclic) bond motifs is 3. The van der Waals surface area contributed by atoms with E-state index < -0.39 is 183 Å². The van der Waals surface area contributed by atoms with Gasteiger partial charge in [-0.05, 0) is 74.9 Å². The Bertz CT molecular complexity index is 3510. The van der Waals surface area contributed by atoms with E-state index in [1.54, 1.807) is 22.8 Å². The quantitative estimate of drug-likeness (QED) is 0.0143. The second kappa shape index (κ2) is 31.6. The number of carbonyl (C=O) groups excluding carboxylic acids is 8. The van der Waals surface area contributed by atoms with Gasteiger partial charge in [-0.2, -0.15) is 5.10 Å². The van der Waals surface area contributed by atoms with Gasteiger partial charge >= 0.3 is 29.6 Å². The molecule has 2 aromatic heterocycles. The van der Waals surface area contributed by atoms with Crippen LogP contribution in [0.25, 0.3) is 26.8 Å². The summed E-state index contributed by atoms with van der Waals surface area (Å²) in [6.45, 7) is 6.30. The molecule has 3 aromatic carbocycles. The number of phenolic OH excluding ortho intramolecular Hbond substituents is 1. The zero-order chi connectivity index (χ0) is 67.3. The number of rotatable bonds is 16. The van der Waals surface area contributed by atoms with Crippen molar-refractivity contribution < 1.29 is 132 Å². The number of hydrogen-bond acceptors (Lipinski definition) is 26. The van der Waals surface area contributed by atoms with Gasteiger partial charge in [0.2, 0.25) is 46.3 Å². The molecule has 16 atom stereocenters. The van der Waals surface area contributed by atoms with Crippen molar-refractivity contribution in [3.05, 3.63) is 84.1 Å². The van der Waals surface area contributed by atoms with Crippen LogP contribution in [0.4, 0.5) is 5.69 Å². The molecular formula is C58H71N12NaO21S2. The number of nitrogens with two attached hydrogens (primary N) is 1. The fourth-order valence-electron chi connectivity index (χ4n) is 11.6. The summed E-state index contributed by atoms with van der Waals surface area (Å²) in [6, 6.07) is 4.67. The molecule has 9 rings (SSSR count). The minimum Gasteiger partial charge on any atom is -0.691 e. The number of aliphatic hydroxyl groups excluding tert-OH is 7. The molecule has 4 saturated heterocycles. The van der Waals surface area contributed by atoms with Crippen LogP contribution in [-0.4, -0.2) is 230 Å². The predicted octanol–water partition coefficient (Wildman–Crippen LogP) is -7.07. The number of nitrogens with zero attached hydrogens (tertiary/aromatic N) is 6. The summed E-state index contributed by atoms with van der Waals surface area (Å²) >= 11 is 1.28. The molecule has 5 aromatic rings. The summed E-state index contributed by atoms with van der Waals surface area (Å²) < 4.78 is 16.6. The van der Waals surface area contributed by atoms with Gasteiger partial charge in [0.1, 0.15) is 53.5 Å². The second-order valence-corrected chi connectivity index (χ2v) is 24.8. The molecule has 6 heterocycles. The van der Waals surface area contributed by atoms with Crippen LogP contribution in [0.15, 0.2) is 72.9 Å². The van der Waals surface area contributed by atoms with Gasteiger partial charge in [-0.15, -0.1) is 4.33 Å². The van der Waals surface area contributed by atoms with Crippen LogP contribution in [0.5, 0.6) is 11.5 Å². The van der Waals surface area contributed by atoms with Gasteiger partial charge in [0, 0.05) is 73.9 Å². The average molecular weight is 1360 g/mol. The van der Waals surface area contributed by atoms with Gasteiger partial charge in [-0.3, -0.25) is 43.4 Å². The van der Waals surface area contributed by atoms with E-state index in [1.807, 2.05) is 38.1 Å². The van der Waals surface area contributed by atoms with Crippen molar-refractivity contribution in [3.63, 3.8) is 0 Å². The molecule has 0 bridgehead atoms. The Morgan fingerprint density at radius 3 is 2.11 bits per heavy atom. The van der Waals surface area contributed by atoms with Crippen molar-refractivity contribution in [2.75, 3.05) is 37.6 Å². The number of benzene rings is 3. The summed E-state index contributed by atoms with van der Waals surface area (Å²) in [5.41, 5.74) is 8.06. The molecule has 502 valence electrons. The number of aromatic hydroxyl groups is 1. The molecule has 13 unspecified atom stereocenters. The number of hydrogen-bond donors (Lipinski definition) is 14. The molecule has 15 N–H and O–H groups in total. The van der Waals surface area contributed by atoms with E-state index in [2.05, 4.69) is 40.9 Å². The average Bonchev–Trinajstić information content (AvgIpc) is 1.62. The maximum Gasteiger partial charge on any atom is 1.00 e. The zero-order valence-corrected chi connectivity index (χ0v) is 54.9. The molecular weight excluding hydrogens is 1290 g/mol. The Hall–Kier alpha value is -7.17. The van der Waals surface area contributed by atoms with Gasteiger partial charge in [0.05, 0.1) is 61.0 Å². The second-order valence-electron chi connectivity index (χ2n) is 23.4. The standard InChI is InChI=1S/C58H72N12O21S2.Na/c1-25-20-69-46(47(25)77)54(84)60-19-34(72)16-36(61-50(80)30-7-5-29(6-8-30)37-24-70-58(62-37)92-55(66-70)31-9-12-33(13-10-31)67-21-26(2)88-27(3)22-67)51(81)63-43(28(4)71)56(85)68-23-35(73)17-38(68)52(82)65-45(53(83)64-44(57(69)86)40(75)18-42(59)76)49(79)48(78)32-11-14-39(74)41(15-32)89-93-91-90-87;/h5-15,24-28,34-36,38,40,43-49,71-75,77-79,87H,16-23H2,1-4H3,(H2,59,76)(H,60,84)(H,61,80)(H,63,81)(H,64,83)(H,65,82);/q;+1/p-1/t25?,26-,27+,28?,34?,35?,36-,38?,40?,43?,44?,45?,46?,47?,48?,49?;/m0./s1. The number of phenols is 1. The van der Waals surface area contributed by atoms with Crippen molar-refractivity contribution in [1.29, 1.82) is 0 Å². The number of nitrogens with one attached hydrogen (secondary N) is 5. The van der Waals surface area contributed by atoms with Crippen molar-refractivity contribution >= 4 is 81.6 Å². The molecule has 36 heteroatoms. The first-order chi connectivity index (χ1) is 44.2. The van der Waals surface area contributed by atoms with Crippen LogP contribution in [0, 0.1) is 5.92 Å². The van der Waals surface area contributed by atoms with Crippen molar-refractivity contribution in [2.24, 2.45) is 11.7 Å². The van der Waals surface area contributed by atoms with Gasteiger partial charge < -0.3 is 102 Å². The zero-order valence-electron chi connectivity index (χ0n) is 51.3. The number of β-amino-alcohol motifs (C(OH)–C–C–N with tert-alkyl or cyclic N) is 1. The third-order valence-electron chi connectivity index (χ3n) is 16.3. The van der Waals surface area contributed by atoms with Crippen LogP contribution in [0.3, 0.4) is 0 Å². The number of aromatic nitrogens is 3. The molecule has 0 aliphatic carbocycles. The van der Waals surface area contributed by atoms with Crippen molar-refractivity contribution in [2.45, 2.75) is 138 Å². The molecule has 8 amide bonds. The number of amides is 8. The van der Waals surface area contributed by atoms with Gasteiger partial charge in [0.15, 0.2) is 11.5 Å². The number of morpholine rings is 1. The number of ether oxygens (including phenoxy) is 1. The van der Waals surface area contributed by atoms with Crippen LogP contribution < -0.4 is 76.2 Å². The van der Waals surface area contributed by atoms with Crippen LogP contribution in [-0.2, 0) is 47.7 Å². The summed E-state index contributed by atoms with van der Waals surface area (Å²) in [6.07, 6.45) is -14.3. The maximum absolute atomic E-state index is 14.7. The number of imidazole rings is 1. The minimum absolute atomic E-state index is 0.